The van der Waals surface area contributed by atoms with Crippen molar-refractivity contribution < 1.29 is 14.6 Å². The van der Waals surface area contributed by atoms with Crippen molar-refractivity contribution in [1.29, 1.82) is 0 Å². The number of aromatic hydroxyl groups is 1. The van der Waals surface area contributed by atoms with Crippen molar-refractivity contribution in [1.82, 2.24) is 4.90 Å². The molecule has 1 aromatic rings. The predicted molar refractivity (Wildman–Crippen MR) is 68.8 cm³/mol. The molecule has 1 aliphatic rings. The second-order valence-corrected chi connectivity index (χ2v) is 5.34. The molecular formula is C14H19NO3. The normalized spacial score (nSPS) is 18.7. The van der Waals surface area contributed by atoms with Crippen LogP contribution in [0.2, 0.25) is 0 Å². The Morgan fingerprint density at radius 1 is 1.44 bits per heavy atom. The molecular weight excluding hydrogens is 230 g/mol. The molecule has 0 unspecified atom stereocenters. The van der Waals surface area contributed by atoms with Gasteiger partial charge >= 0.3 is 0 Å². The van der Waals surface area contributed by atoms with Crippen molar-refractivity contribution in [2.45, 2.75) is 26.3 Å². The van der Waals surface area contributed by atoms with Gasteiger partial charge in [0.2, 0.25) is 0 Å². The summed E-state index contributed by atoms with van der Waals surface area (Å²) in [6, 6.07) is 5.12. The van der Waals surface area contributed by atoms with Gasteiger partial charge in [0.05, 0.1) is 24.3 Å². The highest BCUT2D eigenvalue weighted by Gasteiger charge is 2.35. The number of nitrogens with zero attached hydrogens (tertiary/aromatic N) is 1. The van der Waals surface area contributed by atoms with Crippen molar-refractivity contribution in [2.75, 3.05) is 19.8 Å². The summed E-state index contributed by atoms with van der Waals surface area (Å²) in [5.41, 5.74) is 0.952. The highest BCUT2D eigenvalue weighted by Crippen LogP contribution is 2.26. The van der Waals surface area contributed by atoms with Crippen molar-refractivity contribution in [3.8, 4) is 5.75 Å². The van der Waals surface area contributed by atoms with Crippen LogP contribution in [0.5, 0.6) is 5.75 Å². The minimum Gasteiger partial charge on any atom is -0.507 e. The highest BCUT2D eigenvalue weighted by atomic mass is 16.5. The second-order valence-electron chi connectivity index (χ2n) is 5.34. The lowest BCUT2D eigenvalue weighted by atomic mass is 10.00. The molecule has 1 aliphatic heterocycles. The summed E-state index contributed by atoms with van der Waals surface area (Å²) < 4.78 is 5.39. The van der Waals surface area contributed by atoms with Gasteiger partial charge in [-0.3, -0.25) is 4.79 Å². The molecule has 1 N–H and O–H groups in total. The zero-order valence-corrected chi connectivity index (χ0v) is 11.1. The highest BCUT2D eigenvalue weighted by molar-refractivity contribution is 5.97. The van der Waals surface area contributed by atoms with Crippen molar-refractivity contribution in [2.24, 2.45) is 0 Å². The van der Waals surface area contributed by atoms with Gasteiger partial charge in [0.1, 0.15) is 5.75 Å². The van der Waals surface area contributed by atoms with Gasteiger partial charge < -0.3 is 14.7 Å². The molecule has 0 spiro atoms. The molecule has 0 aromatic heterocycles. The van der Waals surface area contributed by atoms with Crippen LogP contribution >= 0.6 is 0 Å². The van der Waals surface area contributed by atoms with Gasteiger partial charge in [-0.2, -0.15) is 0 Å². The second kappa shape index (κ2) is 4.61. The fourth-order valence-corrected chi connectivity index (χ4v) is 2.20. The van der Waals surface area contributed by atoms with Gasteiger partial charge in [-0.25, -0.2) is 0 Å². The number of ether oxygens (including phenoxy) is 1. The Labute approximate surface area is 107 Å². The smallest absolute Gasteiger partial charge is 0.258 e. The largest absolute Gasteiger partial charge is 0.507 e. The number of carbonyl (C=O) groups is 1. The maximum absolute atomic E-state index is 12.5. The van der Waals surface area contributed by atoms with Gasteiger partial charge in [-0.1, -0.05) is 6.07 Å². The fraction of sp³-hybridized carbons (Fsp3) is 0.500. The van der Waals surface area contributed by atoms with Gasteiger partial charge in [0.25, 0.3) is 5.91 Å². The number of phenolic OH excluding ortho intramolecular Hbond substituents is 1. The van der Waals surface area contributed by atoms with Gasteiger partial charge in [0.15, 0.2) is 0 Å². The molecule has 1 amide bonds. The maximum atomic E-state index is 12.5. The summed E-state index contributed by atoms with van der Waals surface area (Å²) in [5.74, 6) is -0.0944. The predicted octanol–water partition coefficient (Wildman–Crippen LogP) is 1.95. The first-order chi connectivity index (χ1) is 8.42. The zero-order valence-electron chi connectivity index (χ0n) is 11.1. The summed E-state index contributed by atoms with van der Waals surface area (Å²) in [6.07, 6.45) is 0. The first-order valence-corrected chi connectivity index (χ1v) is 6.11. The van der Waals surface area contributed by atoms with Gasteiger partial charge in [-0.15, -0.1) is 0 Å². The van der Waals surface area contributed by atoms with E-state index in [1.807, 2.05) is 26.8 Å². The Hall–Kier alpha value is -1.55. The van der Waals surface area contributed by atoms with Crippen LogP contribution in [-0.2, 0) is 4.74 Å². The molecule has 4 heteroatoms. The number of phenols is 1. The zero-order chi connectivity index (χ0) is 13.3. The molecule has 2 rings (SSSR count). The van der Waals surface area contributed by atoms with Gasteiger partial charge in [-0.05, 0) is 38.5 Å². The number of hydrogen-bond donors (Lipinski definition) is 1. The molecule has 18 heavy (non-hydrogen) atoms. The third-order valence-electron chi connectivity index (χ3n) is 3.27. The molecule has 1 heterocycles. The molecule has 1 aromatic carbocycles. The molecule has 0 bridgehead atoms. The van der Waals surface area contributed by atoms with E-state index in [9.17, 15) is 9.90 Å². The van der Waals surface area contributed by atoms with Crippen LogP contribution in [0.15, 0.2) is 18.2 Å². The van der Waals surface area contributed by atoms with Crippen LogP contribution in [0, 0.1) is 6.92 Å². The van der Waals surface area contributed by atoms with E-state index in [-0.39, 0.29) is 17.2 Å². The van der Waals surface area contributed by atoms with Crippen molar-refractivity contribution >= 4 is 5.91 Å². The Balaban J connectivity index is 2.30. The maximum Gasteiger partial charge on any atom is 0.258 e. The number of carbonyl (C=O) groups excluding carboxylic acids is 1. The van der Waals surface area contributed by atoms with Crippen LogP contribution in [-0.4, -0.2) is 41.2 Å². The van der Waals surface area contributed by atoms with E-state index in [0.29, 0.717) is 25.3 Å². The summed E-state index contributed by atoms with van der Waals surface area (Å²) in [7, 11) is 0. The van der Waals surface area contributed by atoms with Crippen molar-refractivity contribution in [3.63, 3.8) is 0 Å². The number of morpholine rings is 1. The van der Waals surface area contributed by atoms with Crippen LogP contribution in [0.3, 0.4) is 0 Å². The molecule has 0 atom stereocenters. The van der Waals surface area contributed by atoms with E-state index in [1.165, 1.54) is 0 Å². The third-order valence-corrected chi connectivity index (χ3v) is 3.27. The lowest BCUT2D eigenvalue weighted by Crippen LogP contribution is -2.55. The molecule has 0 radical (unpaired) electrons. The molecule has 98 valence electrons. The summed E-state index contributed by atoms with van der Waals surface area (Å²) in [5, 5.41) is 9.88. The Morgan fingerprint density at radius 2 is 2.17 bits per heavy atom. The Kier molecular flexibility index (Phi) is 3.30. The number of aryl methyl sites for hydroxylation is 1. The SMILES string of the molecule is Cc1ccc(C(=O)N2CCOCC2(C)C)c(O)c1. The first-order valence-electron chi connectivity index (χ1n) is 6.11. The average Bonchev–Trinajstić information content (AvgIpc) is 2.27. The van der Waals surface area contributed by atoms with E-state index in [2.05, 4.69) is 0 Å². The number of rotatable bonds is 1. The van der Waals surface area contributed by atoms with Crippen LogP contribution in [0.1, 0.15) is 29.8 Å². The standard InChI is InChI=1S/C14H19NO3/c1-10-4-5-11(12(16)8-10)13(17)15-6-7-18-9-14(15,2)3/h4-5,8,16H,6-7,9H2,1-3H3. The molecule has 0 saturated carbocycles. The lowest BCUT2D eigenvalue weighted by molar-refractivity contribution is -0.0371. The topological polar surface area (TPSA) is 49.8 Å². The molecule has 1 fully saturated rings. The monoisotopic (exact) mass is 249 g/mol. The molecule has 4 nitrogen and oxygen atoms in total. The first kappa shape index (κ1) is 12.9. The minimum atomic E-state index is -0.341. The summed E-state index contributed by atoms with van der Waals surface area (Å²) in [6.45, 7) is 7.43. The van der Waals surface area contributed by atoms with Crippen LogP contribution in [0.25, 0.3) is 0 Å². The molecule has 0 aliphatic carbocycles. The van der Waals surface area contributed by atoms with Gasteiger partial charge in [0, 0.05) is 6.54 Å². The fourth-order valence-electron chi connectivity index (χ4n) is 2.20. The summed E-state index contributed by atoms with van der Waals surface area (Å²) in [4.78, 5) is 14.2. The summed E-state index contributed by atoms with van der Waals surface area (Å²) >= 11 is 0. The Morgan fingerprint density at radius 3 is 2.78 bits per heavy atom. The minimum absolute atomic E-state index is 0.0438. The average molecular weight is 249 g/mol. The molecule has 1 saturated heterocycles. The number of hydrogen-bond acceptors (Lipinski definition) is 3. The number of amides is 1. The third kappa shape index (κ3) is 2.34. The Bertz CT molecular complexity index is 468. The quantitative estimate of drug-likeness (QED) is 0.827. The van der Waals surface area contributed by atoms with E-state index in [0.717, 1.165) is 5.56 Å². The van der Waals surface area contributed by atoms with E-state index >= 15 is 0 Å². The van der Waals surface area contributed by atoms with E-state index in [1.54, 1.807) is 17.0 Å². The van der Waals surface area contributed by atoms with E-state index in [4.69, 9.17) is 4.74 Å². The lowest BCUT2D eigenvalue weighted by Gasteiger charge is -2.42. The van der Waals surface area contributed by atoms with Crippen LogP contribution in [0.4, 0.5) is 0 Å². The van der Waals surface area contributed by atoms with E-state index < -0.39 is 0 Å². The van der Waals surface area contributed by atoms with Crippen LogP contribution < -0.4 is 0 Å². The van der Waals surface area contributed by atoms with Crippen molar-refractivity contribution in [3.05, 3.63) is 29.3 Å². The number of benzene rings is 1.